The molecule has 0 aliphatic carbocycles. The molecular weight excluding hydrogens is 465 g/mol. The van der Waals surface area contributed by atoms with Crippen LogP contribution >= 0.6 is 23.4 Å². The highest BCUT2D eigenvalue weighted by molar-refractivity contribution is 7.99. The molecule has 9 heteroatoms. The lowest BCUT2D eigenvalue weighted by Crippen LogP contribution is -2.30. The molecule has 33 heavy (non-hydrogen) atoms. The van der Waals surface area contributed by atoms with Gasteiger partial charge in [-0.1, -0.05) is 47.6 Å². The molecule has 0 saturated heterocycles. The molecule has 1 unspecified atom stereocenters. The van der Waals surface area contributed by atoms with Gasteiger partial charge in [0, 0.05) is 10.6 Å². The minimum absolute atomic E-state index is 0.0656. The molecule has 6 nitrogen and oxygen atoms in total. The van der Waals surface area contributed by atoms with Gasteiger partial charge in [0.2, 0.25) is 11.8 Å². The number of thioether (sulfide) groups is 1. The summed E-state index contributed by atoms with van der Waals surface area (Å²) in [6.45, 7) is 0. The maximum Gasteiger partial charge on any atom is 0.277 e. The first-order valence-corrected chi connectivity index (χ1v) is 11.3. The number of carbonyl (C=O) groups excluding carboxylic acids is 1. The third-order valence-electron chi connectivity index (χ3n) is 4.78. The van der Waals surface area contributed by atoms with Crippen LogP contribution in [0.1, 0.15) is 17.2 Å². The summed E-state index contributed by atoms with van der Waals surface area (Å²) in [6, 6.07) is 19.9. The number of nitrogens with one attached hydrogen (secondary N) is 1. The lowest BCUT2D eigenvalue weighted by atomic mass is 9.98. The molecule has 1 N–H and O–H groups in total. The van der Waals surface area contributed by atoms with Crippen molar-refractivity contribution in [3.05, 3.63) is 94.8 Å². The number of amides is 1. The number of nitrogens with zero attached hydrogens (tertiary/aromatic N) is 2. The second-order valence-corrected chi connectivity index (χ2v) is 8.36. The minimum Gasteiger partial charge on any atom is -0.497 e. The fourth-order valence-corrected chi connectivity index (χ4v) is 3.82. The first-order chi connectivity index (χ1) is 16.0. The number of aromatic nitrogens is 2. The molecule has 0 fully saturated rings. The SMILES string of the molecule is COc1ccc(C(NC(=O)CSc2nnc(-c3ccc(Cl)cc3)o2)c2ccc(F)cc2)cc1. The van der Waals surface area contributed by atoms with Crippen molar-refractivity contribution in [2.45, 2.75) is 11.3 Å². The van der Waals surface area contributed by atoms with Crippen LogP contribution in [0.5, 0.6) is 5.75 Å². The number of ether oxygens (including phenoxy) is 1. The molecule has 0 saturated carbocycles. The lowest BCUT2D eigenvalue weighted by Gasteiger charge is -2.20. The third-order valence-corrected chi connectivity index (χ3v) is 5.85. The van der Waals surface area contributed by atoms with Gasteiger partial charge in [0.05, 0.1) is 18.9 Å². The third kappa shape index (κ3) is 5.91. The van der Waals surface area contributed by atoms with Gasteiger partial charge in [-0.05, 0) is 59.7 Å². The summed E-state index contributed by atoms with van der Waals surface area (Å²) in [4.78, 5) is 12.7. The van der Waals surface area contributed by atoms with E-state index in [4.69, 9.17) is 20.8 Å². The zero-order valence-corrected chi connectivity index (χ0v) is 19.1. The summed E-state index contributed by atoms with van der Waals surface area (Å²) < 4.78 is 24.3. The predicted octanol–water partition coefficient (Wildman–Crippen LogP) is 5.54. The molecule has 1 amide bonds. The molecule has 1 atom stereocenters. The smallest absolute Gasteiger partial charge is 0.277 e. The molecule has 0 spiro atoms. The maximum absolute atomic E-state index is 13.4. The van der Waals surface area contributed by atoms with Gasteiger partial charge in [-0.15, -0.1) is 10.2 Å². The highest BCUT2D eigenvalue weighted by atomic mass is 35.5. The van der Waals surface area contributed by atoms with Gasteiger partial charge in [0.25, 0.3) is 5.22 Å². The van der Waals surface area contributed by atoms with E-state index in [1.165, 1.54) is 12.1 Å². The van der Waals surface area contributed by atoms with Gasteiger partial charge in [0.1, 0.15) is 11.6 Å². The van der Waals surface area contributed by atoms with Crippen molar-refractivity contribution in [2.24, 2.45) is 0 Å². The van der Waals surface area contributed by atoms with E-state index >= 15 is 0 Å². The first kappa shape index (κ1) is 22.8. The number of hydrogen-bond acceptors (Lipinski definition) is 6. The van der Waals surface area contributed by atoms with Crippen molar-refractivity contribution in [1.29, 1.82) is 0 Å². The fourth-order valence-electron chi connectivity index (χ4n) is 3.12. The van der Waals surface area contributed by atoms with Crippen LogP contribution in [0.4, 0.5) is 4.39 Å². The van der Waals surface area contributed by atoms with Crippen molar-refractivity contribution >= 4 is 29.3 Å². The Balaban J connectivity index is 1.44. The van der Waals surface area contributed by atoms with Crippen molar-refractivity contribution in [2.75, 3.05) is 12.9 Å². The quantitative estimate of drug-likeness (QED) is 0.332. The van der Waals surface area contributed by atoms with Crippen molar-refractivity contribution in [1.82, 2.24) is 15.5 Å². The molecule has 0 aliphatic rings. The Labute approximate surface area is 199 Å². The number of methoxy groups -OCH3 is 1. The molecular formula is C24H19ClFN3O3S. The molecule has 168 valence electrons. The Kier molecular flexibility index (Phi) is 7.26. The second-order valence-electron chi connectivity index (χ2n) is 6.99. The molecule has 0 aliphatic heterocycles. The summed E-state index contributed by atoms with van der Waals surface area (Å²) in [6.07, 6.45) is 0. The number of hydrogen-bond donors (Lipinski definition) is 1. The highest BCUT2D eigenvalue weighted by Gasteiger charge is 2.19. The predicted molar refractivity (Wildman–Crippen MR) is 125 cm³/mol. The Morgan fingerprint density at radius 1 is 1.03 bits per heavy atom. The summed E-state index contributed by atoms with van der Waals surface area (Å²) in [7, 11) is 1.58. The van der Waals surface area contributed by atoms with E-state index in [2.05, 4.69) is 15.5 Å². The van der Waals surface area contributed by atoms with Gasteiger partial charge in [-0.2, -0.15) is 0 Å². The van der Waals surface area contributed by atoms with Crippen LogP contribution < -0.4 is 10.1 Å². The molecule has 3 aromatic carbocycles. The zero-order chi connectivity index (χ0) is 23.2. The van der Waals surface area contributed by atoms with Crippen LogP contribution in [0, 0.1) is 5.82 Å². The number of benzene rings is 3. The van der Waals surface area contributed by atoms with Crippen LogP contribution in [0.2, 0.25) is 5.02 Å². The van der Waals surface area contributed by atoms with Crippen LogP contribution in [0.15, 0.2) is 82.4 Å². The summed E-state index contributed by atoms with van der Waals surface area (Å²) >= 11 is 7.03. The monoisotopic (exact) mass is 483 g/mol. The molecule has 4 rings (SSSR count). The first-order valence-electron chi connectivity index (χ1n) is 9.93. The van der Waals surface area contributed by atoms with E-state index in [0.29, 0.717) is 16.7 Å². The van der Waals surface area contributed by atoms with E-state index < -0.39 is 6.04 Å². The topological polar surface area (TPSA) is 77.2 Å². The maximum atomic E-state index is 13.4. The molecule has 4 aromatic rings. The number of halogens is 2. The molecule has 1 heterocycles. The molecule has 1 aromatic heterocycles. The van der Waals surface area contributed by atoms with Gasteiger partial charge in [0.15, 0.2) is 0 Å². The van der Waals surface area contributed by atoms with Crippen molar-refractivity contribution in [3.8, 4) is 17.2 Å². The van der Waals surface area contributed by atoms with E-state index in [1.54, 1.807) is 43.5 Å². The minimum atomic E-state index is -0.461. The van der Waals surface area contributed by atoms with Gasteiger partial charge in [-0.25, -0.2) is 4.39 Å². The van der Waals surface area contributed by atoms with Crippen LogP contribution in [-0.2, 0) is 4.79 Å². The lowest BCUT2D eigenvalue weighted by molar-refractivity contribution is -0.119. The molecule has 0 bridgehead atoms. The Hall–Kier alpha value is -3.36. The average Bonchev–Trinajstić information content (AvgIpc) is 3.31. The average molecular weight is 484 g/mol. The molecule has 0 radical (unpaired) electrons. The van der Waals surface area contributed by atoms with E-state index in [1.807, 2.05) is 24.3 Å². The standard InChI is InChI=1S/C24H19ClFN3O3S/c1-31-20-12-6-16(7-13-20)22(15-4-10-19(26)11-5-15)27-21(30)14-33-24-29-28-23(32-24)17-2-8-18(25)9-3-17/h2-13,22H,14H2,1H3,(H,27,30). The Bertz CT molecular complexity index is 1220. The van der Waals surface area contributed by atoms with Crippen molar-refractivity contribution < 1.29 is 18.3 Å². The number of carbonyl (C=O) groups is 1. The fraction of sp³-hybridized carbons (Fsp3) is 0.125. The summed E-state index contributed by atoms with van der Waals surface area (Å²) in [5.74, 6) is 0.526. The van der Waals surface area contributed by atoms with Crippen molar-refractivity contribution in [3.63, 3.8) is 0 Å². The normalized spacial score (nSPS) is 11.7. The van der Waals surface area contributed by atoms with Gasteiger partial charge < -0.3 is 14.5 Å². The Morgan fingerprint density at radius 2 is 1.67 bits per heavy atom. The number of rotatable bonds is 8. The van der Waals surface area contributed by atoms with E-state index in [-0.39, 0.29) is 22.7 Å². The Morgan fingerprint density at radius 3 is 2.30 bits per heavy atom. The van der Waals surface area contributed by atoms with Crippen LogP contribution in [0.25, 0.3) is 11.5 Å². The zero-order valence-electron chi connectivity index (χ0n) is 17.5. The van der Waals surface area contributed by atoms with E-state index in [9.17, 15) is 9.18 Å². The summed E-state index contributed by atoms with van der Waals surface area (Å²) in [5, 5.41) is 11.9. The van der Waals surface area contributed by atoms with Crippen LogP contribution in [-0.4, -0.2) is 29.0 Å². The van der Waals surface area contributed by atoms with Gasteiger partial charge >= 0.3 is 0 Å². The largest absolute Gasteiger partial charge is 0.497 e. The van der Waals surface area contributed by atoms with Gasteiger partial charge in [-0.3, -0.25) is 4.79 Å². The highest BCUT2D eigenvalue weighted by Crippen LogP contribution is 2.27. The van der Waals surface area contributed by atoms with Crippen LogP contribution in [0.3, 0.4) is 0 Å². The van der Waals surface area contributed by atoms with E-state index in [0.717, 1.165) is 28.5 Å². The summed E-state index contributed by atoms with van der Waals surface area (Å²) in [5.41, 5.74) is 2.32. The second kappa shape index (κ2) is 10.5.